The lowest BCUT2D eigenvalue weighted by molar-refractivity contribution is -0.137. The molecule has 1 aromatic rings. The van der Waals surface area contributed by atoms with Crippen molar-refractivity contribution in [3.63, 3.8) is 0 Å². The van der Waals surface area contributed by atoms with E-state index in [2.05, 4.69) is 4.99 Å². The van der Waals surface area contributed by atoms with Gasteiger partial charge in [-0.15, -0.1) is 0 Å². The van der Waals surface area contributed by atoms with Gasteiger partial charge < -0.3 is 4.74 Å². The van der Waals surface area contributed by atoms with Gasteiger partial charge in [-0.3, -0.25) is 9.59 Å². The summed E-state index contributed by atoms with van der Waals surface area (Å²) >= 11 is 0. The summed E-state index contributed by atoms with van der Waals surface area (Å²) in [6.07, 6.45) is -4.66. The molecule has 1 aliphatic rings. The minimum absolute atomic E-state index is 0.00470. The normalized spacial score (nSPS) is 16.4. The standard InChI is InChI=1S/C18H20F3NO3/c1-5-13(23)11-7-10(18(19,20)21)8-12(14(24)6-2)15(11)16-22-17(3,4)9-25-16/h7-8H,5-6,9H2,1-4H3. The largest absolute Gasteiger partial charge is 0.475 e. The molecule has 4 nitrogen and oxygen atoms in total. The van der Waals surface area contributed by atoms with E-state index in [1.165, 1.54) is 0 Å². The van der Waals surface area contributed by atoms with Crippen LogP contribution in [0.4, 0.5) is 13.2 Å². The van der Waals surface area contributed by atoms with Gasteiger partial charge in [0.2, 0.25) is 5.90 Å². The van der Waals surface area contributed by atoms with E-state index < -0.39 is 28.8 Å². The van der Waals surface area contributed by atoms with Crippen LogP contribution in [0.25, 0.3) is 0 Å². The first-order chi connectivity index (χ1) is 11.5. The number of hydrogen-bond donors (Lipinski definition) is 0. The van der Waals surface area contributed by atoms with Crippen molar-refractivity contribution in [1.29, 1.82) is 0 Å². The SMILES string of the molecule is CCC(=O)c1cc(C(F)(F)F)cc(C(=O)CC)c1C1=NC(C)(C)CO1. The van der Waals surface area contributed by atoms with Crippen LogP contribution in [0.1, 0.15) is 72.4 Å². The molecule has 0 spiro atoms. The molecule has 25 heavy (non-hydrogen) atoms. The summed E-state index contributed by atoms with van der Waals surface area (Å²) in [5.74, 6) is -0.947. The van der Waals surface area contributed by atoms with Crippen molar-refractivity contribution in [3.05, 3.63) is 34.4 Å². The number of Topliss-reactive ketones (excluding diaryl/α,β-unsaturated/α-hetero) is 2. The molecule has 0 saturated carbocycles. The number of benzene rings is 1. The number of carbonyl (C=O) groups excluding carboxylic acids is 2. The van der Waals surface area contributed by atoms with Crippen LogP contribution in [0.15, 0.2) is 17.1 Å². The zero-order valence-corrected chi connectivity index (χ0v) is 14.6. The Kier molecular flexibility index (Phi) is 5.06. The predicted molar refractivity (Wildman–Crippen MR) is 87.3 cm³/mol. The van der Waals surface area contributed by atoms with Crippen LogP contribution in [-0.2, 0) is 10.9 Å². The lowest BCUT2D eigenvalue weighted by Crippen LogP contribution is -2.19. The number of alkyl halides is 3. The Morgan fingerprint density at radius 1 is 1.12 bits per heavy atom. The summed E-state index contributed by atoms with van der Waals surface area (Å²) in [6, 6.07) is 1.57. The predicted octanol–water partition coefficient (Wildman–Crippen LogP) is 4.45. The molecule has 0 N–H and O–H groups in total. The van der Waals surface area contributed by atoms with Gasteiger partial charge in [-0.2, -0.15) is 13.2 Å². The second-order valence-corrected chi connectivity index (χ2v) is 6.52. The Labute approximate surface area is 144 Å². The molecule has 0 atom stereocenters. The number of ether oxygens (including phenoxy) is 1. The Balaban J connectivity index is 2.82. The minimum Gasteiger partial charge on any atom is -0.475 e. The van der Waals surface area contributed by atoms with Crippen LogP contribution < -0.4 is 0 Å². The first-order valence-electron chi connectivity index (χ1n) is 8.04. The Bertz CT molecular complexity index is 711. The summed E-state index contributed by atoms with van der Waals surface area (Å²) in [5, 5.41) is 0. The van der Waals surface area contributed by atoms with Crippen molar-refractivity contribution < 1.29 is 27.5 Å². The van der Waals surface area contributed by atoms with Gasteiger partial charge in [0.1, 0.15) is 6.61 Å². The molecular formula is C18H20F3NO3. The zero-order valence-electron chi connectivity index (χ0n) is 14.6. The van der Waals surface area contributed by atoms with Crippen LogP contribution >= 0.6 is 0 Å². The van der Waals surface area contributed by atoms with E-state index in [0.29, 0.717) is 0 Å². The average Bonchev–Trinajstić information content (AvgIpc) is 2.90. The Morgan fingerprint density at radius 3 is 1.92 bits per heavy atom. The van der Waals surface area contributed by atoms with E-state index in [4.69, 9.17) is 4.74 Å². The fourth-order valence-corrected chi connectivity index (χ4v) is 2.57. The number of aliphatic imine (C=N–C) groups is 1. The second-order valence-electron chi connectivity index (χ2n) is 6.52. The molecule has 2 rings (SSSR count). The smallest absolute Gasteiger partial charge is 0.416 e. The summed E-state index contributed by atoms with van der Waals surface area (Å²) in [5.41, 5.74) is -1.88. The number of nitrogens with zero attached hydrogens (tertiary/aromatic N) is 1. The molecule has 0 unspecified atom stereocenters. The third kappa shape index (κ3) is 3.91. The summed E-state index contributed by atoms with van der Waals surface area (Å²) in [7, 11) is 0. The Hall–Kier alpha value is -2.18. The first kappa shape index (κ1) is 19.1. The molecule has 0 aliphatic carbocycles. The van der Waals surface area contributed by atoms with Crippen LogP contribution in [-0.4, -0.2) is 29.6 Å². The van der Waals surface area contributed by atoms with E-state index in [-0.39, 0.29) is 42.0 Å². The number of hydrogen-bond acceptors (Lipinski definition) is 4. The van der Waals surface area contributed by atoms with Crippen molar-refractivity contribution in [2.75, 3.05) is 6.61 Å². The molecule has 7 heteroatoms. The number of rotatable bonds is 5. The Morgan fingerprint density at radius 2 is 1.60 bits per heavy atom. The van der Waals surface area contributed by atoms with Crippen LogP contribution in [0.5, 0.6) is 0 Å². The van der Waals surface area contributed by atoms with Gasteiger partial charge in [0.05, 0.1) is 16.7 Å². The van der Waals surface area contributed by atoms with Crippen LogP contribution in [0.3, 0.4) is 0 Å². The molecule has 136 valence electrons. The van der Waals surface area contributed by atoms with E-state index in [1.807, 2.05) is 0 Å². The highest BCUT2D eigenvalue weighted by molar-refractivity contribution is 6.15. The fraction of sp³-hybridized carbons (Fsp3) is 0.500. The van der Waals surface area contributed by atoms with Crippen molar-refractivity contribution in [3.8, 4) is 0 Å². The molecule has 0 aromatic heterocycles. The maximum Gasteiger partial charge on any atom is 0.416 e. The molecule has 0 bridgehead atoms. The average molecular weight is 355 g/mol. The number of halogens is 3. The highest BCUT2D eigenvalue weighted by Gasteiger charge is 2.37. The highest BCUT2D eigenvalue weighted by atomic mass is 19.4. The molecule has 0 amide bonds. The number of ketones is 2. The zero-order chi connectivity index (χ0) is 19.0. The van der Waals surface area contributed by atoms with E-state index in [0.717, 1.165) is 12.1 Å². The van der Waals surface area contributed by atoms with Crippen LogP contribution in [0.2, 0.25) is 0 Å². The molecule has 0 saturated heterocycles. The van der Waals surface area contributed by atoms with Gasteiger partial charge in [-0.1, -0.05) is 13.8 Å². The highest BCUT2D eigenvalue weighted by Crippen LogP contribution is 2.35. The fourth-order valence-electron chi connectivity index (χ4n) is 2.57. The van der Waals surface area contributed by atoms with Crippen molar-refractivity contribution in [1.82, 2.24) is 0 Å². The summed E-state index contributed by atoms with van der Waals surface area (Å²) in [6.45, 7) is 6.92. The third-order valence-corrected chi connectivity index (χ3v) is 3.89. The van der Waals surface area contributed by atoms with Gasteiger partial charge in [0, 0.05) is 24.0 Å². The molecule has 1 heterocycles. The van der Waals surface area contributed by atoms with Gasteiger partial charge in [-0.05, 0) is 26.0 Å². The van der Waals surface area contributed by atoms with Gasteiger partial charge in [0.25, 0.3) is 0 Å². The van der Waals surface area contributed by atoms with E-state index in [9.17, 15) is 22.8 Å². The number of carbonyl (C=O) groups is 2. The molecule has 1 aromatic carbocycles. The van der Waals surface area contributed by atoms with Crippen molar-refractivity contribution >= 4 is 17.5 Å². The lowest BCUT2D eigenvalue weighted by atomic mass is 9.91. The maximum atomic E-state index is 13.2. The third-order valence-electron chi connectivity index (χ3n) is 3.89. The van der Waals surface area contributed by atoms with Gasteiger partial charge in [0.15, 0.2) is 11.6 Å². The molecule has 0 radical (unpaired) electrons. The summed E-state index contributed by atoms with van der Waals surface area (Å²) in [4.78, 5) is 29.0. The van der Waals surface area contributed by atoms with Crippen molar-refractivity contribution in [2.24, 2.45) is 4.99 Å². The second kappa shape index (κ2) is 6.61. The monoisotopic (exact) mass is 355 g/mol. The van der Waals surface area contributed by atoms with Crippen LogP contribution in [0, 0.1) is 0 Å². The van der Waals surface area contributed by atoms with E-state index in [1.54, 1.807) is 27.7 Å². The topological polar surface area (TPSA) is 55.7 Å². The minimum atomic E-state index is -4.66. The lowest BCUT2D eigenvalue weighted by Gasteiger charge is -2.16. The molecule has 1 aliphatic heterocycles. The molecular weight excluding hydrogens is 335 g/mol. The van der Waals surface area contributed by atoms with Gasteiger partial charge >= 0.3 is 6.18 Å². The summed E-state index contributed by atoms with van der Waals surface area (Å²) < 4.78 is 45.2. The van der Waals surface area contributed by atoms with Crippen molar-refractivity contribution in [2.45, 2.75) is 52.3 Å². The van der Waals surface area contributed by atoms with Gasteiger partial charge in [-0.25, -0.2) is 4.99 Å². The maximum absolute atomic E-state index is 13.2. The molecule has 0 fully saturated rings. The quantitative estimate of drug-likeness (QED) is 0.734. The first-order valence-corrected chi connectivity index (χ1v) is 8.04. The van der Waals surface area contributed by atoms with E-state index >= 15 is 0 Å².